The molecule has 0 N–H and O–H groups in total. The zero-order valence-electron chi connectivity index (χ0n) is 10.6. The van der Waals surface area contributed by atoms with E-state index in [1.165, 1.54) is 19.3 Å². The van der Waals surface area contributed by atoms with Crippen molar-refractivity contribution in [2.45, 2.75) is 44.3 Å². The maximum Gasteiger partial charge on any atom is 0.0702 e. The molecule has 0 aliphatic carbocycles. The molecule has 0 saturated carbocycles. The van der Waals surface area contributed by atoms with Crippen molar-refractivity contribution < 1.29 is 9.47 Å². The summed E-state index contributed by atoms with van der Waals surface area (Å²) in [6.07, 6.45) is 7.00. The van der Waals surface area contributed by atoms with Gasteiger partial charge in [0.05, 0.1) is 18.8 Å². The molecule has 3 nitrogen and oxygen atoms in total. The highest BCUT2D eigenvalue weighted by Crippen LogP contribution is 2.18. The third-order valence-corrected chi connectivity index (χ3v) is 3.86. The number of likely N-dealkylation sites (tertiary alicyclic amines) is 1. The lowest BCUT2D eigenvalue weighted by Crippen LogP contribution is -2.42. The molecule has 2 saturated heterocycles. The van der Waals surface area contributed by atoms with Crippen LogP contribution in [-0.2, 0) is 9.47 Å². The van der Waals surface area contributed by atoms with Gasteiger partial charge in [-0.1, -0.05) is 0 Å². The van der Waals surface area contributed by atoms with Gasteiger partial charge in [-0.15, -0.1) is 11.6 Å². The lowest BCUT2D eigenvalue weighted by atomic mass is 10.0. The first kappa shape index (κ1) is 13.6. The van der Waals surface area contributed by atoms with Crippen molar-refractivity contribution in [2.75, 3.05) is 38.7 Å². The van der Waals surface area contributed by atoms with Crippen LogP contribution < -0.4 is 0 Å². The van der Waals surface area contributed by atoms with Crippen LogP contribution in [0.15, 0.2) is 0 Å². The summed E-state index contributed by atoms with van der Waals surface area (Å²) in [5, 5.41) is 0. The second-order valence-electron chi connectivity index (χ2n) is 5.05. The Kier molecular flexibility index (Phi) is 6.06. The summed E-state index contributed by atoms with van der Waals surface area (Å²) in [6.45, 7) is 5.06. The summed E-state index contributed by atoms with van der Waals surface area (Å²) < 4.78 is 11.5. The minimum Gasteiger partial charge on any atom is -0.377 e. The van der Waals surface area contributed by atoms with Crippen molar-refractivity contribution in [2.24, 2.45) is 0 Å². The van der Waals surface area contributed by atoms with Gasteiger partial charge in [-0.05, 0) is 32.1 Å². The number of ether oxygens (including phenoxy) is 2. The third-order valence-electron chi connectivity index (χ3n) is 3.70. The Morgan fingerprint density at radius 1 is 1.18 bits per heavy atom. The van der Waals surface area contributed by atoms with Gasteiger partial charge in [0.1, 0.15) is 0 Å². The summed E-state index contributed by atoms with van der Waals surface area (Å²) >= 11 is 5.63. The highest BCUT2D eigenvalue weighted by atomic mass is 35.5. The molecule has 0 spiro atoms. The third kappa shape index (κ3) is 4.74. The average molecular weight is 262 g/mol. The molecular formula is C13H24ClNO2. The van der Waals surface area contributed by atoms with Gasteiger partial charge >= 0.3 is 0 Å². The Labute approximate surface area is 109 Å². The van der Waals surface area contributed by atoms with Crippen LogP contribution >= 0.6 is 11.6 Å². The molecule has 1 unspecified atom stereocenters. The molecule has 2 rings (SSSR count). The summed E-state index contributed by atoms with van der Waals surface area (Å²) in [5.74, 6) is 0.607. The smallest absolute Gasteiger partial charge is 0.0702 e. The van der Waals surface area contributed by atoms with Crippen molar-refractivity contribution in [1.82, 2.24) is 4.90 Å². The minimum atomic E-state index is 0.428. The Bertz CT molecular complexity index is 202. The lowest BCUT2D eigenvalue weighted by Gasteiger charge is -2.35. The molecule has 0 bridgehead atoms. The zero-order chi connectivity index (χ0) is 11.9. The molecule has 0 aromatic carbocycles. The molecule has 17 heavy (non-hydrogen) atoms. The topological polar surface area (TPSA) is 21.7 Å². The largest absolute Gasteiger partial charge is 0.377 e. The quantitative estimate of drug-likeness (QED) is 0.709. The second kappa shape index (κ2) is 7.57. The van der Waals surface area contributed by atoms with Crippen LogP contribution in [0.3, 0.4) is 0 Å². The van der Waals surface area contributed by atoms with Crippen LogP contribution in [0.5, 0.6) is 0 Å². The number of alkyl halides is 1. The fraction of sp³-hybridized carbons (Fsp3) is 1.00. The van der Waals surface area contributed by atoms with Gasteiger partial charge in [0, 0.05) is 32.1 Å². The van der Waals surface area contributed by atoms with E-state index in [1.807, 2.05) is 0 Å². The molecule has 2 fully saturated rings. The predicted molar refractivity (Wildman–Crippen MR) is 69.7 cm³/mol. The lowest BCUT2D eigenvalue weighted by molar-refractivity contribution is -0.0281. The van der Waals surface area contributed by atoms with Gasteiger partial charge in [-0.3, -0.25) is 0 Å². The Morgan fingerprint density at radius 2 is 2.00 bits per heavy atom. The Balaban J connectivity index is 1.61. The average Bonchev–Trinajstić information content (AvgIpc) is 2.39. The highest BCUT2D eigenvalue weighted by Gasteiger charge is 2.23. The normalized spacial score (nSPS) is 28.4. The molecule has 0 amide bonds. The molecule has 2 heterocycles. The van der Waals surface area contributed by atoms with Crippen molar-refractivity contribution in [3.05, 3.63) is 0 Å². The van der Waals surface area contributed by atoms with E-state index in [4.69, 9.17) is 21.1 Å². The fourth-order valence-corrected chi connectivity index (χ4v) is 2.80. The molecule has 4 heteroatoms. The number of hydrogen-bond donors (Lipinski definition) is 0. The van der Waals surface area contributed by atoms with Gasteiger partial charge in [0.2, 0.25) is 0 Å². The molecule has 1 atom stereocenters. The first-order chi connectivity index (χ1) is 8.38. The van der Waals surface area contributed by atoms with E-state index in [1.54, 1.807) is 0 Å². The summed E-state index contributed by atoms with van der Waals surface area (Å²) in [7, 11) is 0. The van der Waals surface area contributed by atoms with Crippen LogP contribution in [0.4, 0.5) is 0 Å². The second-order valence-corrected chi connectivity index (χ2v) is 5.43. The van der Waals surface area contributed by atoms with Gasteiger partial charge in [0.15, 0.2) is 0 Å². The van der Waals surface area contributed by atoms with E-state index in [0.29, 0.717) is 24.7 Å². The molecule has 0 aromatic rings. The van der Waals surface area contributed by atoms with E-state index in [9.17, 15) is 0 Å². The van der Waals surface area contributed by atoms with E-state index in [-0.39, 0.29) is 0 Å². The molecule has 0 aromatic heterocycles. The maximum absolute atomic E-state index is 5.78. The first-order valence-electron chi connectivity index (χ1n) is 6.90. The summed E-state index contributed by atoms with van der Waals surface area (Å²) in [4.78, 5) is 2.52. The number of nitrogens with zero attached hydrogens (tertiary/aromatic N) is 1. The SMILES string of the molecule is ClCCOC1CCN(CC2CCCCO2)CC1. The van der Waals surface area contributed by atoms with E-state index in [0.717, 1.165) is 39.1 Å². The van der Waals surface area contributed by atoms with Crippen LogP contribution in [0.2, 0.25) is 0 Å². The molecular weight excluding hydrogens is 238 g/mol. The van der Waals surface area contributed by atoms with Crippen LogP contribution in [0.25, 0.3) is 0 Å². The Hall–Kier alpha value is 0.170. The summed E-state index contributed by atoms with van der Waals surface area (Å²) in [6, 6.07) is 0. The molecule has 2 aliphatic rings. The Morgan fingerprint density at radius 3 is 2.65 bits per heavy atom. The van der Waals surface area contributed by atoms with Crippen LogP contribution in [0.1, 0.15) is 32.1 Å². The van der Waals surface area contributed by atoms with Gasteiger partial charge in [0.25, 0.3) is 0 Å². The van der Waals surface area contributed by atoms with Gasteiger partial charge < -0.3 is 14.4 Å². The van der Waals surface area contributed by atoms with Crippen LogP contribution in [-0.4, -0.2) is 55.8 Å². The van der Waals surface area contributed by atoms with Crippen molar-refractivity contribution in [1.29, 1.82) is 0 Å². The van der Waals surface area contributed by atoms with Gasteiger partial charge in [-0.25, -0.2) is 0 Å². The van der Waals surface area contributed by atoms with Crippen molar-refractivity contribution in [3.63, 3.8) is 0 Å². The first-order valence-corrected chi connectivity index (χ1v) is 7.43. The molecule has 0 radical (unpaired) electrons. The standard InChI is InChI=1S/C13H24ClNO2/c14-6-10-17-12-4-7-15(8-5-12)11-13-3-1-2-9-16-13/h12-13H,1-11H2. The van der Waals surface area contributed by atoms with Crippen LogP contribution in [0, 0.1) is 0 Å². The molecule has 100 valence electrons. The number of hydrogen-bond acceptors (Lipinski definition) is 3. The number of rotatable bonds is 5. The molecule has 2 aliphatic heterocycles. The number of piperidine rings is 1. The zero-order valence-corrected chi connectivity index (χ0v) is 11.3. The van der Waals surface area contributed by atoms with Crippen molar-refractivity contribution >= 4 is 11.6 Å². The fourth-order valence-electron chi connectivity index (χ4n) is 2.71. The van der Waals surface area contributed by atoms with Crippen molar-refractivity contribution in [3.8, 4) is 0 Å². The van der Waals surface area contributed by atoms with E-state index >= 15 is 0 Å². The summed E-state index contributed by atoms with van der Waals surface area (Å²) in [5.41, 5.74) is 0. The number of halogens is 1. The minimum absolute atomic E-state index is 0.428. The monoisotopic (exact) mass is 261 g/mol. The van der Waals surface area contributed by atoms with Gasteiger partial charge in [-0.2, -0.15) is 0 Å². The maximum atomic E-state index is 5.78. The van der Waals surface area contributed by atoms with E-state index in [2.05, 4.69) is 4.90 Å². The highest BCUT2D eigenvalue weighted by molar-refractivity contribution is 6.17. The van der Waals surface area contributed by atoms with E-state index < -0.39 is 0 Å². The predicted octanol–water partition coefficient (Wildman–Crippen LogP) is 2.28.